The molecule has 0 aliphatic heterocycles. The Kier molecular flexibility index (Phi) is 7.24. The molecule has 1 aromatic carbocycles. The van der Waals surface area contributed by atoms with Crippen molar-refractivity contribution in [1.29, 1.82) is 0 Å². The topological polar surface area (TPSA) is 61.3 Å². The molecule has 0 radical (unpaired) electrons. The Morgan fingerprint density at radius 2 is 1.41 bits per heavy atom. The zero-order chi connectivity index (χ0) is 21.0. The number of rotatable bonds is 10. The van der Waals surface area contributed by atoms with Crippen molar-refractivity contribution in [2.24, 2.45) is 7.05 Å². The zero-order valence-electron chi connectivity index (χ0n) is 18.3. The summed E-state index contributed by atoms with van der Waals surface area (Å²) in [5, 5.41) is 0. The van der Waals surface area contributed by atoms with Crippen LogP contribution >= 0.6 is 0 Å². The van der Waals surface area contributed by atoms with Crippen LogP contribution in [0.3, 0.4) is 0 Å². The van der Waals surface area contributed by atoms with Crippen molar-refractivity contribution in [3.8, 4) is 0 Å². The molecule has 29 heavy (non-hydrogen) atoms. The summed E-state index contributed by atoms with van der Waals surface area (Å²) >= 11 is -3.17. The number of hydrogen-bond donors (Lipinski definition) is 0. The fraction of sp³-hybridized carbons (Fsp3) is 0.591. The third kappa shape index (κ3) is 4.05. The van der Waals surface area contributed by atoms with Crippen LogP contribution in [0.15, 0.2) is 33.9 Å². The average molecular weight is 505 g/mol. The van der Waals surface area contributed by atoms with Gasteiger partial charge in [-0.15, -0.1) is 0 Å². The fourth-order valence-corrected chi connectivity index (χ4v) is 20.4. The van der Waals surface area contributed by atoms with Gasteiger partial charge in [-0.25, -0.2) is 0 Å². The van der Waals surface area contributed by atoms with Crippen LogP contribution in [-0.2, 0) is 7.05 Å². The first-order valence-corrected chi connectivity index (χ1v) is 18.4. The summed E-state index contributed by atoms with van der Waals surface area (Å²) in [4.78, 5) is 31.4. The van der Waals surface area contributed by atoms with E-state index in [2.05, 4.69) is 23.6 Å². The predicted octanol–water partition coefficient (Wildman–Crippen LogP) is 4.54. The Hall–Kier alpha value is -1.57. The summed E-state index contributed by atoms with van der Waals surface area (Å²) in [6, 6.07) is 7.71. The van der Waals surface area contributed by atoms with E-state index >= 15 is 0 Å². The van der Waals surface area contributed by atoms with Gasteiger partial charge in [0.25, 0.3) is 0 Å². The van der Waals surface area contributed by atoms with Gasteiger partial charge in [0, 0.05) is 0 Å². The second kappa shape index (κ2) is 9.49. The predicted molar refractivity (Wildman–Crippen MR) is 122 cm³/mol. The molecule has 0 unspecified atom stereocenters. The van der Waals surface area contributed by atoms with E-state index in [1.165, 1.54) is 4.57 Å². The van der Waals surface area contributed by atoms with Crippen molar-refractivity contribution in [3.05, 3.63) is 45.2 Å². The van der Waals surface area contributed by atoms with E-state index in [0.717, 1.165) is 62.9 Å². The maximum atomic E-state index is 13.5. The molecule has 7 heteroatoms. The molecule has 3 rings (SSSR count). The van der Waals surface area contributed by atoms with Crippen molar-refractivity contribution in [2.75, 3.05) is 0 Å². The van der Waals surface area contributed by atoms with Gasteiger partial charge in [-0.1, -0.05) is 0 Å². The van der Waals surface area contributed by atoms with Crippen LogP contribution in [0.4, 0.5) is 0 Å². The maximum absolute atomic E-state index is 13.5. The molecule has 0 saturated heterocycles. The first kappa shape index (κ1) is 22.1. The van der Waals surface area contributed by atoms with Crippen molar-refractivity contribution in [3.63, 3.8) is 0 Å². The molecule has 6 nitrogen and oxygen atoms in total. The molecule has 2 heterocycles. The zero-order valence-corrected chi connectivity index (χ0v) is 21.1. The summed E-state index contributed by atoms with van der Waals surface area (Å²) in [7, 11) is 1.62. The van der Waals surface area contributed by atoms with Crippen LogP contribution in [-0.4, -0.2) is 35.4 Å². The molecule has 2 aromatic heterocycles. The van der Waals surface area contributed by atoms with E-state index in [-0.39, 0.29) is 11.4 Å². The summed E-state index contributed by atoms with van der Waals surface area (Å²) in [6.07, 6.45) is 6.82. The van der Waals surface area contributed by atoms with Gasteiger partial charge in [0.2, 0.25) is 0 Å². The van der Waals surface area contributed by atoms with Gasteiger partial charge >= 0.3 is 177 Å². The number of aromatic nitrogens is 4. The summed E-state index contributed by atoms with van der Waals surface area (Å²) in [6.45, 7) is 6.66. The first-order valence-electron chi connectivity index (χ1n) is 11.1. The Labute approximate surface area is 176 Å². The molecule has 0 amide bonds. The van der Waals surface area contributed by atoms with Crippen LogP contribution in [0, 0.1) is 0 Å². The van der Waals surface area contributed by atoms with E-state index in [0.29, 0.717) is 5.78 Å². The van der Waals surface area contributed by atoms with E-state index in [9.17, 15) is 9.59 Å². The van der Waals surface area contributed by atoms with Gasteiger partial charge in [-0.2, -0.15) is 0 Å². The number of imidazole rings is 1. The number of fused-ring (bicyclic) bond motifs is 3. The van der Waals surface area contributed by atoms with Crippen molar-refractivity contribution in [2.45, 2.75) is 72.6 Å². The van der Waals surface area contributed by atoms with Gasteiger partial charge in [0.15, 0.2) is 0 Å². The van der Waals surface area contributed by atoms with Gasteiger partial charge in [0.05, 0.1) is 0 Å². The molecule has 0 saturated carbocycles. The minimum absolute atomic E-state index is 0.156. The Bertz CT molecular complexity index is 1070. The number of para-hydroxylation sites is 2. The SMILES string of the molecule is CCC[CH2][Sn]([CH2]CCC)([CH2]CCC)[n]1c(=O)n(C)c(=O)n2c3ccccc3nc12. The second-order valence-corrected chi connectivity index (χ2v) is 20.8. The van der Waals surface area contributed by atoms with Crippen LogP contribution in [0.2, 0.25) is 13.3 Å². The Morgan fingerprint density at radius 3 is 1.97 bits per heavy atom. The van der Waals surface area contributed by atoms with Crippen molar-refractivity contribution in [1.82, 2.24) is 16.7 Å². The van der Waals surface area contributed by atoms with Gasteiger partial charge in [-0.05, 0) is 0 Å². The molecule has 158 valence electrons. The molecule has 0 aliphatic carbocycles. The van der Waals surface area contributed by atoms with Crippen LogP contribution in [0.5, 0.6) is 0 Å². The molecule has 0 N–H and O–H groups in total. The van der Waals surface area contributed by atoms with Crippen molar-refractivity contribution < 1.29 is 0 Å². The van der Waals surface area contributed by atoms with Gasteiger partial charge in [-0.3, -0.25) is 0 Å². The van der Waals surface area contributed by atoms with Crippen LogP contribution in [0.25, 0.3) is 16.8 Å². The quantitative estimate of drug-likeness (QED) is 0.381. The molecular weight excluding hydrogens is 471 g/mol. The number of hydrogen-bond acceptors (Lipinski definition) is 3. The van der Waals surface area contributed by atoms with Crippen LogP contribution < -0.4 is 11.4 Å². The van der Waals surface area contributed by atoms with E-state index in [1.54, 1.807) is 11.4 Å². The van der Waals surface area contributed by atoms with Gasteiger partial charge < -0.3 is 0 Å². The summed E-state index contributed by atoms with van der Waals surface area (Å²) in [5.41, 5.74) is 1.12. The third-order valence-corrected chi connectivity index (χ3v) is 21.0. The Morgan fingerprint density at radius 1 is 0.862 bits per heavy atom. The monoisotopic (exact) mass is 506 g/mol. The molecule has 0 atom stereocenters. The normalized spacial score (nSPS) is 12.3. The molecule has 3 aromatic rings. The number of benzene rings is 1. The minimum atomic E-state index is -3.17. The summed E-state index contributed by atoms with van der Waals surface area (Å²) in [5.74, 6) is 0.582. The Balaban J connectivity index is 2.41. The van der Waals surface area contributed by atoms with E-state index < -0.39 is 18.7 Å². The third-order valence-electron chi connectivity index (χ3n) is 6.16. The molecule has 0 aliphatic rings. The van der Waals surface area contributed by atoms with E-state index in [1.807, 2.05) is 24.3 Å². The second-order valence-electron chi connectivity index (χ2n) is 8.23. The number of unbranched alkanes of at least 4 members (excludes halogenated alkanes) is 3. The van der Waals surface area contributed by atoms with Gasteiger partial charge in [0.1, 0.15) is 0 Å². The first-order chi connectivity index (χ1) is 14.0. The fourth-order valence-electron chi connectivity index (χ4n) is 4.46. The molecule has 0 fully saturated rings. The summed E-state index contributed by atoms with van der Waals surface area (Å²) < 4.78 is 8.48. The van der Waals surface area contributed by atoms with E-state index in [4.69, 9.17) is 4.98 Å². The standard InChI is InChI=1S/C10H8N4O2.3C4H9.Sn/c1-13-9(15)12-8-11-6-4-2-3-5-7(6)14(8)10(13)16;3*1-3-4-2;/h2-5H,1H3,(H,11,12,15);3*1,3-4H2,2H3;/q;;;;+1/p-1. The molecular formula is C22H34N4O2Sn. The van der Waals surface area contributed by atoms with Crippen molar-refractivity contribution >= 4 is 35.5 Å². The molecule has 0 bridgehead atoms. The number of nitrogens with zero attached hydrogens (tertiary/aromatic N) is 4. The molecule has 0 spiro atoms. The van der Waals surface area contributed by atoms with Crippen LogP contribution in [0.1, 0.15) is 59.3 Å². The average Bonchev–Trinajstić information content (AvgIpc) is 3.11.